The summed E-state index contributed by atoms with van der Waals surface area (Å²) in [5.41, 5.74) is 3.44. The van der Waals surface area contributed by atoms with Gasteiger partial charge in [0.15, 0.2) is 0 Å². The molecular weight excluding hydrogens is 292 g/mol. The lowest BCUT2D eigenvalue weighted by molar-refractivity contribution is 0.227. The van der Waals surface area contributed by atoms with Crippen molar-refractivity contribution in [2.45, 2.75) is 53.9 Å². The molecule has 2 aromatic carbocycles. The van der Waals surface area contributed by atoms with Gasteiger partial charge in [0.1, 0.15) is 5.75 Å². The zero-order chi connectivity index (χ0) is 17.6. The number of ether oxygens (including phenoxy) is 1. The third kappa shape index (κ3) is 6.78. The van der Waals surface area contributed by atoms with Gasteiger partial charge in [-0.2, -0.15) is 0 Å². The Labute approximate surface area is 148 Å². The molecule has 0 radical (unpaired) electrons. The van der Waals surface area contributed by atoms with Crippen LogP contribution in [-0.4, -0.2) is 6.61 Å². The first kappa shape index (κ1) is 18.6. The molecule has 24 heavy (non-hydrogen) atoms. The normalized spacial score (nSPS) is 12.2. The second-order valence-corrected chi connectivity index (χ2v) is 8.81. The van der Waals surface area contributed by atoms with Gasteiger partial charge in [0.05, 0.1) is 6.61 Å². The molecule has 0 spiro atoms. The Hall–Kier alpha value is -1.76. The van der Waals surface area contributed by atoms with Crippen LogP contribution in [0.2, 0.25) is 0 Å². The van der Waals surface area contributed by atoms with Crippen molar-refractivity contribution in [2.75, 3.05) is 6.61 Å². The van der Waals surface area contributed by atoms with E-state index in [9.17, 15) is 0 Å². The quantitative estimate of drug-likeness (QED) is 0.579. The van der Waals surface area contributed by atoms with Gasteiger partial charge in [0, 0.05) is 0 Å². The van der Waals surface area contributed by atoms with Crippen LogP contribution in [0.4, 0.5) is 0 Å². The first-order valence-corrected chi connectivity index (χ1v) is 8.99. The maximum absolute atomic E-state index is 5.87. The minimum Gasteiger partial charge on any atom is -0.494 e. The molecule has 0 amide bonds. The average molecular weight is 325 g/mol. The number of benzene rings is 2. The summed E-state index contributed by atoms with van der Waals surface area (Å²) in [6.07, 6.45) is 3.26. The van der Waals surface area contributed by atoms with Crippen molar-refractivity contribution < 1.29 is 4.74 Å². The molecular formula is C23H32O. The molecule has 0 aliphatic carbocycles. The molecule has 2 rings (SSSR count). The predicted molar refractivity (Wildman–Crippen MR) is 104 cm³/mol. The summed E-state index contributed by atoms with van der Waals surface area (Å²) in [5.74, 6) is 0.959. The molecule has 0 aromatic heterocycles. The van der Waals surface area contributed by atoms with Crippen LogP contribution >= 0.6 is 0 Å². The van der Waals surface area contributed by atoms with Gasteiger partial charge < -0.3 is 4.74 Å². The van der Waals surface area contributed by atoms with Crippen LogP contribution in [0.25, 0.3) is 0 Å². The van der Waals surface area contributed by atoms with Gasteiger partial charge in [-0.3, -0.25) is 0 Å². The van der Waals surface area contributed by atoms with Gasteiger partial charge in [-0.25, -0.2) is 0 Å². The van der Waals surface area contributed by atoms with Crippen molar-refractivity contribution in [3.05, 3.63) is 65.7 Å². The van der Waals surface area contributed by atoms with Gasteiger partial charge in [0.2, 0.25) is 0 Å². The number of hydrogen-bond acceptors (Lipinski definition) is 1. The van der Waals surface area contributed by atoms with Gasteiger partial charge in [0.25, 0.3) is 0 Å². The van der Waals surface area contributed by atoms with E-state index in [2.05, 4.69) is 58.9 Å². The van der Waals surface area contributed by atoms with E-state index < -0.39 is 0 Å². The molecule has 0 heterocycles. The molecule has 0 unspecified atom stereocenters. The number of hydrogen-bond donors (Lipinski definition) is 0. The Bertz CT molecular complexity index is 620. The molecule has 0 N–H and O–H groups in total. The number of para-hydroxylation sites is 1. The molecule has 0 saturated heterocycles. The van der Waals surface area contributed by atoms with E-state index in [-0.39, 0.29) is 5.41 Å². The Morgan fingerprint density at radius 2 is 1.38 bits per heavy atom. The van der Waals surface area contributed by atoms with Crippen molar-refractivity contribution >= 4 is 0 Å². The lowest BCUT2D eigenvalue weighted by Gasteiger charge is -2.25. The molecule has 0 fully saturated rings. The zero-order valence-electron chi connectivity index (χ0n) is 15.9. The van der Waals surface area contributed by atoms with Crippen molar-refractivity contribution in [1.82, 2.24) is 0 Å². The van der Waals surface area contributed by atoms with Crippen LogP contribution in [0.5, 0.6) is 5.75 Å². The molecule has 1 heteroatoms. The lowest BCUT2D eigenvalue weighted by atomic mass is 9.81. The average Bonchev–Trinajstić information content (AvgIpc) is 2.46. The first-order chi connectivity index (χ1) is 11.2. The summed E-state index contributed by atoms with van der Waals surface area (Å²) in [4.78, 5) is 0. The maximum Gasteiger partial charge on any atom is 0.119 e. The zero-order valence-corrected chi connectivity index (χ0v) is 15.9. The molecule has 0 saturated carbocycles. The van der Waals surface area contributed by atoms with Crippen molar-refractivity contribution in [3.8, 4) is 5.75 Å². The van der Waals surface area contributed by atoms with Gasteiger partial charge in [-0.15, -0.1) is 0 Å². The smallest absolute Gasteiger partial charge is 0.119 e. The van der Waals surface area contributed by atoms with Crippen LogP contribution in [0.1, 0.15) is 52.2 Å². The largest absolute Gasteiger partial charge is 0.494 e. The summed E-state index contributed by atoms with van der Waals surface area (Å²) in [7, 11) is 0. The fourth-order valence-electron chi connectivity index (χ4n) is 3.06. The molecule has 2 aromatic rings. The van der Waals surface area contributed by atoms with E-state index in [1.807, 2.05) is 30.3 Å². The SMILES string of the molecule is CC(C)(C)Cc1cccc(CC(C)(C)CCOc2ccccc2)c1. The Balaban J connectivity index is 1.90. The Morgan fingerprint density at radius 1 is 0.750 bits per heavy atom. The fraction of sp³-hybridized carbons (Fsp3) is 0.478. The van der Waals surface area contributed by atoms with E-state index in [0.717, 1.165) is 31.6 Å². The van der Waals surface area contributed by atoms with E-state index in [1.54, 1.807) is 0 Å². The van der Waals surface area contributed by atoms with Crippen molar-refractivity contribution in [2.24, 2.45) is 10.8 Å². The summed E-state index contributed by atoms with van der Waals surface area (Å²) < 4.78 is 5.87. The second kappa shape index (κ2) is 7.88. The van der Waals surface area contributed by atoms with Crippen LogP contribution in [0.3, 0.4) is 0 Å². The van der Waals surface area contributed by atoms with E-state index in [4.69, 9.17) is 4.74 Å². The molecule has 0 bridgehead atoms. The van der Waals surface area contributed by atoms with Crippen LogP contribution in [0.15, 0.2) is 54.6 Å². The van der Waals surface area contributed by atoms with Gasteiger partial charge >= 0.3 is 0 Å². The molecule has 0 atom stereocenters. The van der Waals surface area contributed by atoms with Crippen LogP contribution in [0, 0.1) is 10.8 Å². The highest BCUT2D eigenvalue weighted by Gasteiger charge is 2.19. The van der Waals surface area contributed by atoms with E-state index in [1.165, 1.54) is 11.1 Å². The summed E-state index contributed by atoms with van der Waals surface area (Å²) in [6, 6.07) is 19.2. The molecule has 130 valence electrons. The topological polar surface area (TPSA) is 9.23 Å². The van der Waals surface area contributed by atoms with Crippen LogP contribution < -0.4 is 4.74 Å². The lowest BCUT2D eigenvalue weighted by Crippen LogP contribution is -2.19. The highest BCUT2D eigenvalue weighted by Crippen LogP contribution is 2.28. The second-order valence-electron chi connectivity index (χ2n) is 8.81. The van der Waals surface area contributed by atoms with E-state index in [0.29, 0.717) is 5.41 Å². The van der Waals surface area contributed by atoms with E-state index >= 15 is 0 Å². The Kier molecular flexibility index (Phi) is 6.10. The summed E-state index contributed by atoms with van der Waals surface area (Å²) in [6.45, 7) is 12.3. The van der Waals surface area contributed by atoms with Gasteiger partial charge in [-0.1, -0.05) is 77.1 Å². The third-order valence-electron chi connectivity index (χ3n) is 4.20. The van der Waals surface area contributed by atoms with Crippen molar-refractivity contribution in [1.29, 1.82) is 0 Å². The molecule has 0 aliphatic rings. The number of rotatable bonds is 7. The van der Waals surface area contributed by atoms with Gasteiger partial charge in [-0.05, 0) is 53.4 Å². The highest BCUT2D eigenvalue weighted by molar-refractivity contribution is 5.25. The van der Waals surface area contributed by atoms with Crippen LogP contribution in [-0.2, 0) is 12.8 Å². The fourth-order valence-corrected chi connectivity index (χ4v) is 3.06. The summed E-state index contributed by atoms with van der Waals surface area (Å²) in [5, 5.41) is 0. The minimum absolute atomic E-state index is 0.231. The van der Waals surface area contributed by atoms with Crippen molar-refractivity contribution in [3.63, 3.8) is 0 Å². The summed E-state index contributed by atoms with van der Waals surface area (Å²) >= 11 is 0. The monoisotopic (exact) mass is 324 g/mol. The predicted octanol–water partition coefficient (Wildman–Crippen LogP) is 6.31. The highest BCUT2D eigenvalue weighted by atomic mass is 16.5. The first-order valence-electron chi connectivity index (χ1n) is 8.99. The molecule has 1 nitrogen and oxygen atoms in total. The standard InChI is InChI=1S/C23H32O/c1-22(2,3)17-19-10-9-11-20(16-19)18-23(4,5)14-15-24-21-12-7-6-8-13-21/h6-13,16H,14-15,17-18H2,1-5H3. The third-order valence-corrected chi connectivity index (χ3v) is 4.20. The Morgan fingerprint density at radius 3 is 2.00 bits per heavy atom. The molecule has 0 aliphatic heterocycles. The minimum atomic E-state index is 0.231. The maximum atomic E-state index is 5.87.